The van der Waals surface area contributed by atoms with E-state index in [4.69, 9.17) is 0 Å². The van der Waals surface area contributed by atoms with Crippen molar-refractivity contribution in [3.8, 4) is 0 Å². The first-order valence-corrected chi connectivity index (χ1v) is 5.96. The molecule has 0 aliphatic carbocycles. The average molecular weight is 242 g/mol. The fraction of sp³-hybridized carbons (Fsp3) is 0.188. The fourth-order valence-corrected chi connectivity index (χ4v) is 2.14. The molecule has 2 rings (SSSR count). The lowest BCUT2D eigenvalue weighted by Gasteiger charge is -2.13. The number of halogens is 1. The number of hydrogen-bond acceptors (Lipinski definition) is 1. The van der Waals surface area contributed by atoms with Crippen LogP contribution in [0.4, 0.5) is 4.39 Å². The van der Waals surface area contributed by atoms with E-state index in [9.17, 15) is 9.18 Å². The van der Waals surface area contributed by atoms with Crippen molar-refractivity contribution in [2.75, 3.05) is 0 Å². The topological polar surface area (TPSA) is 17.1 Å². The third-order valence-corrected chi connectivity index (χ3v) is 3.15. The van der Waals surface area contributed by atoms with Gasteiger partial charge in [-0.25, -0.2) is 4.39 Å². The predicted molar refractivity (Wildman–Crippen MR) is 70.1 cm³/mol. The zero-order valence-electron chi connectivity index (χ0n) is 10.3. The van der Waals surface area contributed by atoms with Crippen molar-refractivity contribution in [2.45, 2.75) is 19.3 Å². The molecule has 1 atom stereocenters. The van der Waals surface area contributed by atoms with E-state index in [0.29, 0.717) is 12.0 Å². The van der Waals surface area contributed by atoms with E-state index in [-0.39, 0.29) is 11.7 Å². The van der Waals surface area contributed by atoms with Crippen LogP contribution in [0.1, 0.15) is 22.6 Å². The van der Waals surface area contributed by atoms with Crippen molar-refractivity contribution in [3.63, 3.8) is 0 Å². The highest BCUT2D eigenvalue weighted by Gasteiger charge is 2.15. The van der Waals surface area contributed by atoms with Gasteiger partial charge in [0.2, 0.25) is 0 Å². The van der Waals surface area contributed by atoms with Gasteiger partial charge in [0.1, 0.15) is 12.1 Å². The summed E-state index contributed by atoms with van der Waals surface area (Å²) in [5.41, 5.74) is 2.61. The van der Waals surface area contributed by atoms with Crippen LogP contribution < -0.4 is 0 Å². The molecule has 2 aromatic carbocycles. The van der Waals surface area contributed by atoms with Crippen LogP contribution in [0.15, 0.2) is 48.5 Å². The largest absolute Gasteiger partial charge is 0.303 e. The molecule has 0 saturated heterocycles. The molecule has 0 fully saturated rings. The highest BCUT2D eigenvalue weighted by atomic mass is 19.1. The summed E-state index contributed by atoms with van der Waals surface area (Å²) in [6.45, 7) is 1.97. The summed E-state index contributed by atoms with van der Waals surface area (Å²) < 4.78 is 13.6. The second-order valence-corrected chi connectivity index (χ2v) is 4.39. The monoisotopic (exact) mass is 242 g/mol. The molecule has 0 aliphatic rings. The minimum absolute atomic E-state index is 0.252. The Morgan fingerprint density at radius 2 is 1.78 bits per heavy atom. The van der Waals surface area contributed by atoms with Crippen LogP contribution >= 0.6 is 0 Å². The third-order valence-electron chi connectivity index (χ3n) is 3.15. The number of rotatable bonds is 4. The predicted octanol–water partition coefficient (Wildman–Crippen LogP) is 3.66. The lowest BCUT2D eigenvalue weighted by molar-refractivity contribution is -0.109. The molecule has 0 aliphatic heterocycles. The molecule has 2 aromatic rings. The first-order valence-electron chi connectivity index (χ1n) is 5.96. The molecule has 1 nitrogen and oxygen atoms in total. The van der Waals surface area contributed by atoms with Crippen molar-refractivity contribution < 1.29 is 9.18 Å². The summed E-state index contributed by atoms with van der Waals surface area (Å²) in [6, 6.07) is 14.3. The van der Waals surface area contributed by atoms with Gasteiger partial charge in [-0.1, -0.05) is 42.5 Å². The van der Waals surface area contributed by atoms with Gasteiger partial charge in [0.15, 0.2) is 0 Å². The Morgan fingerprint density at radius 1 is 1.11 bits per heavy atom. The molecule has 92 valence electrons. The van der Waals surface area contributed by atoms with Crippen molar-refractivity contribution in [1.82, 2.24) is 0 Å². The zero-order valence-corrected chi connectivity index (χ0v) is 10.3. The van der Waals surface area contributed by atoms with Crippen LogP contribution in [0.5, 0.6) is 0 Å². The number of hydrogen-bond donors (Lipinski definition) is 0. The molecule has 0 saturated carbocycles. The molecule has 0 heterocycles. The van der Waals surface area contributed by atoms with E-state index in [1.807, 2.05) is 31.2 Å². The highest BCUT2D eigenvalue weighted by Crippen LogP contribution is 2.23. The van der Waals surface area contributed by atoms with E-state index in [0.717, 1.165) is 17.4 Å². The molecule has 0 bridgehead atoms. The molecule has 18 heavy (non-hydrogen) atoms. The standard InChI is InChI=1S/C16H15FO/c1-12-6-2-4-8-15(12)14(11-18)10-13-7-3-5-9-16(13)17/h2-9,11,14H,10H2,1H3. The summed E-state index contributed by atoms with van der Waals surface area (Å²) >= 11 is 0. The summed E-state index contributed by atoms with van der Waals surface area (Å²) in [6.07, 6.45) is 1.30. The van der Waals surface area contributed by atoms with Gasteiger partial charge < -0.3 is 4.79 Å². The smallest absolute Gasteiger partial charge is 0.127 e. The van der Waals surface area contributed by atoms with E-state index < -0.39 is 0 Å². The van der Waals surface area contributed by atoms with Gasteiger partial charge in [-0.3, -0.25) is 0 Å². The Hall–Kier alpha value is -1.96. The molecule has 0 amide bonds. The highest BCUT2D eigenvalue weighted by molar-refractivity contribution is 5.64. The molecule has 2 heteroatoms. The first-order chi connectivity index (χ1) is 8.72. The van der Waals surface area contributed by atoms with E-state index in [2.05, 4.69) is 0 Å². The van der Waals surface area contributed by atoms with Crippen LogP contribution in [-0.4, -0.2) is 6.29 Å². The Labute approximate surface area is 106 Å². The Kier molecular flexibility index (Phi) is 3.88. The normalized spacial score (nSPS) is 12.1. The average Bonchev–Trinajstić information content (AvgIpc) is 2.39. The fourth-order valence-electron chi connectivity index (χ4n) is 2.14. The number of aldehydes is 1. The molecule has 0 N–H and O–H groups in total. The molecular weight excluding hydrogens is 227 g/mol. The molecule has 1 unspecified atom stereocenters. The van der Waals surface area contributed by atoms with Crippen LogP contribution in [0.3, 0.4) is 0 Å². The number of aryl methyl sites for hydroxylation is 1. The maximum atomic E-state index is 13.6. The zero-order chi connectivity index (χ0) is 13.0. The summed E-state index contributed by atoms with van der Waals surface area (Å²) in [4.78, 5) is 11.3. The maximum Gasteiger partial charge on any atom is 0.127 e. The SMILES string of the molecule is Cc1ccccc1C(C=O)Cc1ccccc1F. The van der Waals surface area contributed by atoms with Crippen molar-refractivity contribution in [3.05, 3.63) is 71.0 Å². The van der Waals surface area contributed by atoms with Crippen molar-refractivity contribution in [1.29, 1.82) is 0 Å². The van der Waals surface area contributed by atoms with Crippen LogP contribution in [0.2, 0.25) is 0 Å². The van der Waals surface area contributed by atoms with Gasteiger partial charge >= 0.3 is 0 Å². The van der Waals surface area contributed by atoms with E-state index in [1.165, 1.54) is 6.07 Å². The minimum Gasteiger partial charge on any atom is -0.303 e. The first kappa shape index (κ1) is 12.5. The molecule has 0 spiro atoms. The van der Waals surface area contributed by atoms with Gasteiger partial charge in [0.05, 0.1) is 0 Å². The van der Waals surface area contributed by atoms with Gasteiger partial charge in [-0.15, -0.1) is 0 Å². The third kappa shape index (κ3) is 2.65. The summed E-state index contributed by atoms with van der Waals surface area (Å²) in [7, 11) is 0. The van der Waals surface area contributed by atoms with Crippen LogP contribution in [-0.2, 0) is 11.2 Å². The molecule has 0 radical (unpaired) electrons. The summed E-state index contributed by atoms with van der Waals surface area (Å²) in [5, 5.41) is 0. The van der Waals surface area contributed by atoms with E-state index in [1.54, 1.807) is 18.2 Å². The second kappa shape index (κ2) is 5.58. The quantitative estimate of drug-likeness (QED) is 0.748. The number of carbonyl (C=O) groups is 1. The number of benzene rings is 2. The van der Waals surface area contributed by atoms with Crippen molar-refractivity contribution >= 4 is 6.29 Å². The van der Waals surface area contributed by atoms with E-state index >= 15 is 0 Å². The van der Waals surface area contributed by atoms with Crippen LogP contribution in [0, 0.1) is 12.7 Å². The Balaban J connectivity index is 2.29. The van der Waals surface area contributed by atoms with Gasteiger partial charge in [0, 0.05) is 5.92 Å². The summed E-state index contributed by atoms with van der Waals surface area (Å²) in [5.74, 6) is -0.541. The Bertz CT molecular complexity index is 548. The second-order valence-electron chi connectivity index (χ2n) is 4.39. The Morgan fingerprint density at radius 3 is 2.44 bits per heavy atom. The number of carbonyl (C=O) groups excluding carboxylic acids is 1. The maximum absolute atomic E-state index is 13.6. The molecule has 0 aromatic heterocycles. The lowest BCUT2D eigenvalue weighted by atomic mass is 9.90. The lowest BCUT2D eigenvalue weighted by Crippen LogP contribution is -2.07. The van der Waals surface area contributed by atoms with Crippen molar-refractivity contribution in [2.24, 2.45) is 0 Å². The van der Waals surface area contributed by atoms with Gasteiger partial charge in [-0.2, -0.15) is 0 Å². The van der Waals surface area contributed by atoms with Gasteiger partial charge in [-0.05, 0) is 36.1 Å². The molecular formula is C16H15FO. The minimum atomic E-state index is -0.289. The van der Waals surface area contributed by atoms with Gasteiger partial charge in [0.25, 0.3) is 0 Å². The van der Waals surface area contributed by atoms with Crippen LogP contribution in [0.25, 0.3) is 0 Å².